The molecule has 2 atom stereocenters. The Kier molecular flexibility index (Phi) is 8.37. The van der Waals surface area contributed by atoms with Crippen molar-refractivity contribution in [2.45, 2.75) is 59.2 Å². The molecule has 0 bridgehead atoms. The van der Waals surface area contributed by atoms with E-state index in [2.05, 4.69) is 0 Å². The number of aliphatic carboxylic acids is 1. The van der Waals surface area contributed by atoms with Gasteiger partial charge in [0.05, 0.1) is 0 Å². The van der Waals surface area contributed by atoms with E-state index in [4.69, 9.17) is 5.11 Å². The number of rotatable bonds is 7. The zero-order chi connectivity index (χ0) is 22.3. The van der Waals surface area contributed by atoms with Crippen molar-refractivity contribution in [1.29, 1.82) is 0 Å². The predicted molar refractivity (Wildman–Crippen MR) is 119 cm³/mol. The van der Waals surface area contributed by atoms with Crippen molar-refractivity contribution >= 4 is 5.97 Å². The molecule has 4 heteroatoms. The van der Waals surface area contributed by atoms with E-state index >= 15 is 0 Å². The van der Waals surface area contributed by atoms with Crippen LogP contribution < -0.4 is 0 Å². The van der Waals surface area contributed by atoms with Gasteiger partial charge in [-0.1, -0.05) is 85.8 Å². The molecule has 29 heavy (non-hydrogen) atoms. The van der Waals surface area contributed by atoms with Gasteiger partial charge in [-0.15, -0.1) is 0 Å². The SMILES string of the molecule is CC(/C=C/C=C(C)/C=C/C1(O)C(C)(O)C=CCC1(C)C)=C\C=C\C=C(/C)C(=O)O. The monoisotopic (exact) mass is 398 g/mol. The Balaban J connectivity index is 2.84. The molecule has 1 aliphatic rings. The number of carboxylic acids is 1. The third-order valence-corrected chi connectivity index (χ3v) is 5.33. The average Bonchev–Trinajstić information content (AvgIpc) is 2.61. The number of hydrogen-bond donors (Lipinski definition) is 3. The van der Waals surface area contributed by atoms with Gasteiger partial charge in [-0.25, -0.2) is 4.79 Å². The lowest BCUT2D eigenvalue weighted by atomic mass is 9.61. The molecule has 0 saturated carbocycles. The predicted octanol–water partition coefficient (Wildman–Crippen LogP) is 5.05. The minimum atomic E-state index is -1.37. The fourth-order valence-corrected chi connectivity index (χ4v) is 3.14. The van der Waals surface area contributed by atoms with Gasteiger partial charge in [-0.2, -0.15) is 0 Å². The first-order chi connectivity index (χ1) is 13.3. The van der Waals surface area contributed by atoms with Crippen LogP contribution in [0, 0.1) is 5.41 Å². The zero-order valence-corrected chi connectivity index (χ0v) is 18.3. The minimum Gasteiger partial charge on any atom is -0.478 e. The molecule has 0 heterocycles. The maximum Gasteiger partial charge on any atom is 0.331 e. The normalized spacial score (nSPS) is 28.8. The van der Waals surface area contributed by atoms with Crippen molar-refractivity contribution in [1.82, 2.24) is 0 Å². The Bertz CT molecular complexity index is 814. The van der Waals surface area contributed by atoms with Crippen LogP contribution in [0.1, 0.15) is 48.0 Å². The lowest BCUT2D eigenvalue weighted by molar-refractivity contribution is -0.151. The maximum atomic E-state index is 11.2. The highest BCUT2D eigenvalue weighted by Crippen LogP contribution is 2.47. The van der Waals surface area contributed by atoms with Gasteiger partial charge >= 0.3 is 5.97 Å². The topological polar surface area (TPSA) is 77.8 Å². The molecule has 0 amide bonds. The summed E-state index contributed by atoms with van der Waals surface area (Å²) in [5.74, 6) is -0.928. The quantitative estimate of drug-likeness (QED) is 0.319. The second kappa shape index (κ2) is 9.86. The lowest BCUT2D eigenvalue weighted by Crippen LogP contribution is -2.60. The molecular weight excluding hydrogens is 364 g/mol. The van der Waals surface area contributed by atoms with E-state index in [-0.39, 0.29) is 5.57 Å². The highest BCUT2D eigenvalue weighted by molar-refractivity contribution is 5.86. The van der Waals surface area contributed by atoms with Crippen LogP contribution in [0.15, 0.2) is 83.6 Å². The molecule has 0 saturated heterocycles. The van der Waals surface area contributed by atoms with Gasteiger partial charge in [0.2, 0.25) is 0 Å². The average molecular weight is 399 g/mol. The summed E-state index contributed by atoms with van der Waals surface area (Å²) in [5, 5.41) is 30.7. The third-order valence-electron chi connectivity index (χ3n) is 5.33. The van der Waals surface area contributed by atoms with Crippen molar-refractivity contribution in [3.8, 4) is 0 Å². The van der Waals surface area contributed by atoms with Crippen molar-refractivity contribution in [3.63, 3.8) is 0 Å². The van der Waals surface area contributed by atoms with Gasteiger partial charge in [0.15, 0.2) is 0 Å². The molecule has 0 aliphatic heterocycles. The van der Waals surface area contributed by atoms with Crippen LogP contribution in [0.4, 0.5) is 0 Å². The van der Waals surface area contributed by atoms with Crippen molar-refractivity contribution in [3.05, 3.63) is 83.6 Å². The summed E-state index contributed by atoms with van der Waals surface area (Å²) in [4.78, 5) is 10.7. The van der Waals surface area contributed by atoms with E-state index in [0.29, 0.717) is 6.42 Å². The van der Waals surface area contributed by atoms with Crippen molar-refractivity contribution in [2.24, 2.45) is 5.41 Å². The van der Waals surface area contributed by atoms with Gasteiger partial charge in [0, 0.05) is 11.0 Å². The van der Waals surface area contributed by atoms with E-state index in [0.717, 1.165) is 11.1 Å². The number of hydrogen-bond acceptors (Lipinski definition) is 3. The molecule has 1 rings (SSSR count). The van der Waals surface area contributed by atoms with E-state index in [9.17, 15) is 15.0 Å². The second-order valence-electron chi connectivity index (χ2n) is 8.46. The smallest absolute Gasteiger partial charge is 0.331 e. The summed E-state index contributed by atoms with van der Waals surface area (Å²) in [6.45, 7) is 11.0. The molecule has 2 unspecified atom stereocenters. The largest absolute Gasteiger partial charge is 0.478 e. The van der Waals surface area contributed by atoms with Gasteiger partial charge < -0.3 is 15.3 Å². The summed E-state index contributed by atoms with van der Waals surface area (Å²) < 4.78 is 0. The molecule has 0 spiro atoms. The third kappa shape index (κ3) is 6.55. The first-order valence-corrected chi connectivity index (χ1v) is 9.74. The Morgan fingerprint density at radius 1 is 0.897 bits per heavy atom. The molecule has 0 aromatic carbocycles. The Labute approximate surface area is 174 Å². The summed E-state index contributed by atoms with van der Waals surface area (Å²) in [7, 11) is 0. The van der Waals surface area contributed by atoms with E-state index in [1.165, 1.54) is 0 Å². The van der Waals surface area contributed by atoms with E-state index in [1.807, 2.05) is 64.2 Å². The van der Waals surface area contributed by atoms with Crippen LogP contribution in [-0.2, 0) is 4.79 Å². The van der Waals surface area contributed by atoms with Crippen LogP contribution >= 0.6 is 0 Å². The molecule has 4 nitrogen and oxygen atoms in total. The van der Waals surface area contributed by atoms with Crippen LogP contribution in [0.5, 0.6) is 0 Å². The number of carboxylic acid groups (broad SMARTS) is 1. The molecule has 0 fully saturated rings. The van der Waals surface area contributed by atoms with Crippen LogP contribution in [-0.4, -0.2) is 32.5 Å². The number of allylic oxidation sites excluding steroid dienone is 11. The van der Waals surface area contributed by atoms with Gasteiger partial charge in [0.25, 0.3) is 0 Å². The Morgan fingerprint density at radius 3 is 2.03 bits per heavy atom. The van der Waals surface area contributed by atoms with Crippen LogP contribution in [0.3, 0.4) is 0 Å². The molecule has 1 aliphatic carbocycles. The Hall–Kier alpha value is -2.43. The van der Waals surface area contributed by atoms with Gasteiger partial charge in [-0.05, 0) is 40.2 Å². The Morgan fingerprint density at radius 2 is 1.45 bits per heavy atom. The summed E-state index contributed by atoms with van der Waals surface area (Å²) in [6.07, 6.45) is 20.5. The fourth-order valence-electron chi connectivity index (χ4n) is 3.14. The van der Waals surface area contributed by atoms with Crippen LogP contribution in [0.25, 0.3) is 0 Å². The van der Waals surface area contributed by atoms with Crippen molar-refractivity contribution in [2.75, 3.05) is 0 Å². The molecule has 158 valence electrons. The standard InChI is InChI=1S/C25H34O4/c1-19(11-7-8-14-21(3)22(26)27)12-9-13-20(2)15-18-25(29)23(4,5)16-10-17-24(25,6)28/h7-15,17-18,28-29H,16H2,1-6H3,(H,26,27)/b8-7+,12-9+,18-15+,19-11+,20-13+,21-14+. The summed E-state index contributed by atoms with van der Waals surface area (Å²) in [6, 6.07) is 0. The first kappa shape index (κ1) is 24.6. The second-order valence-corrected chi connectivity index (χ2v) is 8.46. The lowest BCUT2D eigenvalue weighted by Gasteiger charge is -2.50. The molecular formula is C25H34O4. The molecule has 0 aromatic heterocycles. The summed E-state index contributed by atoms with van der Waals surface area (Å²) in [5.41, 5.74) is -0.951. The maximum absolute atomic E-state index is 11.2. The van der Waals surface area contributed by atoms with Gasteiger partial charge in [0.1, 0.15) is 11.2 Å². The number of carbonyl (C=O) groups is 1. The van der Waals surface area contributed by atoms with E-state index < -0.39 is 22.6 Å². The molecule has 3 N–H and O–H groups in total. The van der Waals surface area contributed by atoms with Crippen LogP contribution in [0.2, 0.25) is 0 Å². The molecule has 0 aromatic rings. The minimum absolute atomic E-state index is 0.283. The number of aliphatic hydroxyl groups is 2. The first-order valence-electron chi connectivity index (χ1n) is 9.74. The van der Waals surface area contributed by atoms with E-state index in [1.54, 1.807) is 44.2 Å². The summed E-state index contributed by atoms with van der Waals surface area (Å²) >= 11 is 0. The fraction of sp³-hybridized carbons (Fsp3) is 0.400. The van der Waals surface area contributed by atoms with Gasteiger partial charge in [-0.3, -0.25) is 0 Å². The highest BCUT2D eigenvalue weighted by atomic mass is 16.4. The zero-order valence-electron chi connectivity index (χ0n) is 18.3. The van der Waals surface area contributed by atoms with Crippen molar-refractivity contribution < 1.29 is 20.1 Å². The highest BCUT2D eigenvalue weighted by Gasteiger charge is 2.54. The molecule has 0 radical (unpaired) electrons.